The lowest BCUT2D eigenvalue weighted by Gasteiger charge is -0.270. The molecule has 0 saturated heterocycles. The van der Waals surface area contributed by atoms with Crippen molar-refractivity contribution in [3.05, 3.63) is 0 Å². The molecule has 0 aliphatic rings. The lowest BCUT2D eigenvalue weighted by atomic mass is 19.0. The third-order valence-corrected chi connectivity index (χ3v) is 0. The molecule has 18 heteroatoms. The van der Waals surface area contributed by atoms with Gasteiger partial charge in [-0.25, -0.2) is 0 Å². The van der Waals surface area contributed by atoms with E-state index < -0.39 is 0 Å². The fraction of sp³-hybridized carbons (Fsp3) is 0. The standard InChI is InChI=1S/18FH/h18*1H. The van der Waals surface area contributed by atoms with Crippen LogP contribution in [0.25, 0.3) is 0 Å². The fourth-order valence-electron chi connectivity index (χ4n) is 0. The Hall–Kier alpha value is -1.26. The minimum atomic E-state index is 0. The van der Waals surface area contributed by atoms with Crippen molar-refractivity contribution in [3.63, 3.8) is 0 Å². The van der Waals surface area contributed by atoms with Gasteiger partial charge >= 0.3 is 0 Å². The molecule has 0 rings (SSSR count). The van der Waals surface area contributed by atoms with Crippen molar-refractivity contribution in [2.45, 2.75) is 0 Å². The van der Waals surface area contributed by atoms with Crippen molar-refractivity contribution in [2.75, 3.05) is 0 Å². The molecular formula is H18F18. The predicted octanol–water partition coefficient (Wildman–Crippen LogP) is 2.75. The first-order valence-corrected chi connectivity index (χ1v) is 0. The summed E-state index contributed by atoms with van der Waals surface area (Å²) in [6.45, 7) is 0. The second-order valence-corrected chi connectivity index (χ2v) is 0. The topological polar surface area (TPSA) is 0 Å². The van der Waals surface area contributed by atoms with E-state index in [-0.39, 0.29) is 84.7 Å². The van der Waals surface area contributed by atoms with E-state index in [1.54, 1.807) is 0 Å². The second-order valence-electron chi connectivity index (χ2n) is 0. The number of halogens is 18. The largest absolute Gasteiger partial charge is 0.269 e. The van der Waals surface area contributed by atoms with Crippen molar-refractivity contribution in [3.8, 4) is 0 Å². The van der Waals surface area contributed by atoms with Crippen LogP contribution in [0.1, 0.15) is 0 Å². The van der Waals surface area contributed by atoms with Gasteiger partial charge < -0.3 is 0 Å². The monoisotopic (exact) mass is 360 g/mol. The normalized spacial score (nSPS) is 0. The fourth-order valence-corrected chi connectivity index (χ4v) is 0. The van der Waals surface area contributed by atoms with Gasteiger partial charge in [0.2, 0.25) is 0 Å². The molecule has 0 atom stereocenters. The highest BCUT2D eigenvalue weighted by Gasteiger charge is -0.252. The maximum atomic E-state index is 0. The zero-order chi connectivity index (χ0) is 0. The van der Waals surface area contributed by atoms with Gasteiger partial charge in [0, 0.05) is 0 Å². The Morgan fingerprint density at radius 1 is 0.0556 bits per heavy atom. The summed E-state index contributed by atoms with van der Waals surface area (Å²) in [6.07, 6.45) is 0. The molecule has 0 fully saturated rings. The zero-order valence-electron chi connectivity index (χ0n) is 7.35. The van der Waals surface area contributed by atoms with Crippen LogP contribution in [0.4, 0.5) is 84.7 Å². The number of hydrogen-bond acceptors (Lipinski definition) is 0. The molecule has 0 spiro atoms. The Kier molecular flexibility index (Phi) is 313000. The van der Waals surface area contributed by atoms with Crippen molar-refractivity contribution in [2.24, 2.45) is 0 Å². The van der Waals surface area contributed by atoms with E-state index in [1.165, 1.54) is 0 Å². The zero-order valence-corrected chi connectivity index (χ0v) is 7.35. The lowest BCUT2D eigenvalue weighted by molar-refractivity contribution is 1.11. The highest BCUT2D eigenvalue weighted by atomic mass is 19.0. The molecule has 0 N–H and O–H groups in total. The first-order chi connectivity index (χ1) is 0. The van der Waals surface area contributed by atoms with Gasteiger partial charge in [-0.2, -0.15) is 0 Å². The van der Waals surface area contributed by atoms with Gasteiger partial charge in [0.15, 0.2) is 0 Å². The van der Waals surface area contributed by atoms with E-state index in [4.69, 9.17) is 0 Å². The number of rotatable bonds is 0. The van der Waals surface area contributed by atoms with Crippen molar-refractivity contribution >= 4 is 0 Å². The van der Waals surface area contributed by atoms with E-state index in [1.807, 2.05) is 0 Å². The third kappa shape index (κ3) is 1750. The summed E-state index contributed by atoms with van der Waals surface area (Å²) in [7, 11) is 0. The molecule has 0 aromatic carbocycles. The molecule has 0 aromatic rings. The van der Waals surface area contributed by atoms with Gasteiger partial charge in [0.05, 0.1) is 0 Å². The Morgan fingerprint density at radius 3 is 0.0556 bits per heavy atom. The van der Waals surface area contributed by atoms with E-state index >= 15 is 0 Å². The second kappa shape index (κ2) is 2150. The highest BCUT2D eigenvalue weighted by molar-refractivity contribution is 1.13. The van der Waals surface area contributed by atoms with Crippen LogP contribution in [0.3, 0.4) is 0 Å². The summed E-state index contributed by atoms with van der Waals surface area (Å²) in [5, 5.41) is 0. The minimum absolute atomic E-state index is 0. The molecule has 0 amide bonds. The van der Waals surface area contributed by atoms with Crippen LogP contribution >= 0.6 is 0 Å². The number of hydrogen-bond donors (Lipinski definition) is 0. The summed E-state index contributed by atoms with van der Waals surface area (Å²) in [5.74, 6) is 0. The van der Waals surface area contributed by atoms with Crippen LogP contribution in [-0.2, 0) is 0 Å². The van der Waals surface area contributed by atoms with Crippen molar-refractivity contribution in [1.82, 2.24) is 0 Å². The van der Waals surface area contributed by atoms with Crippen molar-refractivity contribution < 1.29 is 84.7 Å². The Labute approximate surface area is 86.5 Å². The summed E-state index contributed by atoms with van der Waals surface area (Å²) in [5.41, 5.74) is 0. The third-order valence-electron chi connectivity index (χ3n) is 0. The van der Waals surface area contributed by atoms with Gasteiger partial charge in [-0.1, -0.05) is 0 Å². The molecular weight excluding hydrogens is 342 g/mol. The van der Waals surface area contributed by atoms with Gasteiger partial charge in [-0.05, 0) is 0 Å². The molecule has 0 aromatic heterocycles. The Balaban J connectivity index is 0. The van der Waals surface area contributed by atoms with Crippen LogP contribution in [0.5, 0.6) is 0 Å². The van der Waals surface area contributed by atoms with Gasteiger partial charge in [0.25, 0.3) is 0 Å². The van der Waals surface area contributed by atoms with Crippen LogP contribution in [0.15, 0.2) is 0 Å². The molecule has 0 heterocycles. The minimum Gasteiger partial charge on any atom is -0.269 e. The molecule has 0 saturated carbocycles. The smallest absolute Gasteiger partial charge is 0.269 e. The summed E-state index contributed by atoms with van der Waals surface area (Å²) >= 11 is 0. The summed E-state index contributed by atoms with van der Waals surface area (Å²) in [6, 6.07) is 0. The average molecular weight is 360 g/mol. The molecule has 0 radical (unpaired) electrons. The first kappa shape index (κ1) is 2610. The molecule has 0 bridgehead atoms. The van der Waals surface area contributed by atoms with Gasteiger partial charge in [-0.15, -0.1) is 0 Å². The van der Waals surface area contributed by atoms with Gasteiger partial charge in [0.1, 0.15) is 0 Å². The van der Waals surface area contributed by atoms with Crippen LogP contribution in [-0.4, -0.2) is 0 Å². The molecule has 0 aliphatic heterocycles. The molecule has 0 unspecified atom stereocenters. The average Bonchev–Trinajstić information content (AvgIpc) is 0. The van der Waals surface area contributed by atoms with Crippen molar-refractivity contribution in [1.29, 1.82) is 0 Å². The predicted molar refractivity (Wildman–Crippen MR) is 45.1 cm³/mol. The lowest BCUT2D eigenvalue weighted by Crippen LogP contribution is 0.419. The van der Waals surface area contributed by atoms with Crippen LogP contribution in [0.2, 0.25) is 0 Å². The van der Waals surface area contributed by atoms with E-state index in [9.17, 15) is 0 Å². The summed E-state index contributed by atoms with van der Waals surface area (Å²) in [4.78, 5) is 0. The maximum Gasteiger partial charge on any atom is -0.269 e. The quantitative estimate of drug-likeness (QED) is 0.583. The van der Waals surface area contributed by atoms with E-state index in [0.29, 0.717) is 0 Å². The van der Waals surface area contributed by atoms with Gasteiger partial charge in [-0.3, -0.25) is 84.7 Å². The molecule has 144 valence electrons. The highest BCUT2D eigenvalue weighted by Crippen LogP contribution is 0.437. The van der Waals surface area contributed by atoms with Crippen LogP contribution in [0, 0.1) is 0 Å². The Morgan fingerprint density at radius 2 is 0.0556 bits per heavy atom. The maximum absolute atomic E-state index is 0. The molecule has 0 aliphatic carbocycles. The molecule has 0 nitrogen and oxygen atoms in total. The SMILES string of the molecule is F.F.F.F.F.F.F.F.F.F.F.F.F.F.F.F.F.F. The van der Waals surface area contributed by atoms with Crippen LogP contribution < -0.4 is 0 Å². The van der Waals surface area contributed by atoms with E-state index in [2.05, 4.69) is 0 Å². The van der Waals surface area contributed by atoms with E-state index in [0.717, 1.165) is 0 Å². The first-order valence-electron chi connectivity index (χ1n) is 0. The Bertz CT molecular complexity index is 0. The molecule has 18 heavy (non-hydrogen) atoms. The summed E-state index contributed by atoms with van der Waals surface area (Å²) < 4.78 is 0.